The van der Waals surface area contributed by atoms with Crippen LogP contribution in [0.1, 0.15) is 42.3 Å². The number of aromatic nitrogens is 1. The number of likely N-dealkylation sites (tertiary alicyclic amines) is 1. The largest absolute Gasteiger partial charge is 0.303 e. The number of hydrogen-bond acceptors (Lipinski definition) is 3. The summed E-state index contributed by atoms with van der Waals surface area (Å²) in [5.74, 6) is 0.824. The summed E-state index contributed by atoms with van der Waals surface area (Å²) in [6.45, 7) is 13.5. The molecule has 1 aromatic carbocycles. The van der Waals surface area contributed by atoms with Gasteiger partial charge in [0, 0.05) is 25.3 Å². The van der Waals surface area contributed by atoms with Gasteiger partial charge in [-0.05, 0) is 81.9 Å². The molecule has 3 nitrogen and oxygen atoms in total. The van der Waals surface area contributed by atoms with Crippen molar-refractivity contribution in [2.75, 3.05) is 32.7 Å². The van der Waals surface area contributed by atoms with Crippen LogP contribution in [0.25, 0.3) is 0 Å². The van der Waals surface area contributed by atoms with Gasteiger partial charge in [-0.2, -0.15) is 0 Å². The fourth-order valence-electron chi connectivity index (χ4n) is 4.15. The predicted octanol–water partition coefficient (Wildman–Crippen LogP) is 4.48. The van der Waals surface area contributed by atoms with Gasteiger partial charge in [-0.25, -0.2) is 0 Å². The molecule has 0 aliphatic carbocycles. The maximum absolute atomic E-state index is 4.68. The molecule has 3 heteroatoms. The molecule has 0 saturated carbocycles. The molecule has 1 fully saturated rings. The van der Waals surface area contributed by atoms with E-state index in [1.165, 1.54) is 62.3 Å². The maximum Gasteiger partial charge on any atom is 0.0547 e. The average molecular weight is 366 g/mol. The van der Waals surface area contributed by atoms with Gasteiger partial charge >= 0.3 is 0 Å². The first kappa shape index (κ1) is 20.0. The Labute approximate surface area is 165 Å². The molecule has 27 heavy (non-hydrogen) atoms. The van der Waals surface area contributed by atoms with E-state index in [1.807, 2.05) is 0 Å². The molecule has 0 amide bonds. The van der Waals surface area contributed by atoms with E-state index in [2.05, 4.69) is 78.0 Å². The molecule has 2 heterocycles. The van der Waals surface area contributed by atoms with Crippen molar-refractivity contribution < 1.29 is 0 Å². The molecule has 3 rings (SSSR count). The Morgan fingerprint density at radius 3 is 2.52 bits per heavy atom. The first-order valence-corrected chi connectivity index (χ1v) is 10.6. The highest BCUT2D eigenvalue weighted by Crippen LogP contribution is 2.20. The summed E-state index contributed by atoms with van der Waals surface area (Å²) in [4.78, 5) is 9.90. The molecule has 0 spiro atoms. The zero-order chi connectivity index (χ0) is 19.1. The zero-order valence-corrected chi connectivity index (χ0v) is 17.3. The topological polar surface area (TPSA) is 19.4 Å². The Kier molecular flexibility index (Phi) is 7.42. The Bertz CT molecular complexity index is 704. The molecule has 0 unspecified atom stereocenters. The van der Waals surface area contributed by atoms with Gasteiger partial charge in [0.05, 0.1) is 5.69 Å². The van der Waals surface area contributed by atoms with Crippen molar-refractivity contribution in [2.45, 2.75) is 46.6 Å². The van der Waals surface area contributed by atoms with Crippen LogP contribution in [0, 0.1) is 19.8 Å². The number of pyridine rings is 1. The zero-order valence-electron chi connectivity index (χ0n) is 17.3. The SMILES string of the molecule is CCN(Cc1cccc(C)n1)CC1CCN(CCc2ccccc2C)CC1. The Morgan fingerprint density at radius 1 is 1.04 bits per heavy atom. The summed E-state index contributed by atoms with van der Waals surface area (Å²) in [6, 6.07) is 15.2. The molecule has 2 aromatic rings. The lowest BCUT2D eigenvalue weighted by atomic mass is 9.95. The minimum absolute atomic E-state index is 0.824. The second-order valence-electron chi connectivity index (χ2n) is 8.06. The number of aryl methyl sites for hydroxylation is 2. The highest BCUT2D eigenvalue weighted by atomic mass is 15.1. The van der Waals surface area contributed by atoms with Gasteiger partial charge in [-0.1, -0.05) is 37.3 Å². The number of benzene rings is 1. The third kappa shape index (κ3) is 6.15. The fraction of sp³-hybridized carbons (Fsp3) is 0.542. The van der Waals surface area contributed by atoms with E-state index < -0.39 is 0 Å². The van der Waals surface area contributed by atoms with E-state index in [-0.39, 0.29) is 0 Å². The van der Waals surface area contributed by atoms with Crippen LogP contribution >= 0.6 is 0 Å². The molecule has 0 radical (unpaired) electrons. The van der Waals surface area contributed by atoms with E-state index in [1.54, 1.807) is 0 Å². The van der Waals surface area contributed by atoms with Crippen LogP contribution in [0.5, 0.6) is 0 Å². The lowest BCUT2D eigenvalue weighted by Gasteiger charge is -2.34. The third-order valence-electron chi connectivity index (χ3n) is 5.96. The predicted molar refractivity (Wildman–Crippen MR) is 114 cm³/mol. The molecule has 1 aliphatic rings. The Balaban J connectivity index is 1.42. The average Bonchev–Trinajstić information content (AvgIpc) is 2.68. The molecular weight excluding hydrogens is 330 g/mol. The van der Waals surface area contributed by atoms with Crippen molar-refractivity contribution in [3.8, 4) is 0 Å². The second-order valence-corrected chi connectivity index (χ2v) is 8.06. The summed E-state index contributed by atoms with van der Waals surface area (Å²) in [6.07, 6.45) is 3.83. The van der Waals surface area contributed by atoms with Crippen molar-refractivity contribution >= 4 is 0 Å². The summed E-state index contributed by atoms with van der Waals surface area (Å²) in [5, 5.41) is 0. The van der Waals surface area contributed by atoms with Crippen molar-refractivity contribution in [3.05, 3.63) is 65.0 Å². The normalized spacial score (nSPS) is 16.1. The Morgan fingerprint density at radius 2 is 1.81 bits per heavy atom. The summed E-state index contributed by atoms with van der Waals surface area (Å²) in [7, 11) is 0. The minimum atomic E-state index is 0.824. The molecule has 0 N–H and O–H groups in total. The Hall–Kier alpha value is -1.71. The van der Waals surface area contributed by atoms with Crippen LogP contribution in [0.15, 0.2) is 42.5 Å². The number of hydrogen-bond donors (Lipinski definition) is 0. The van der Waals surface area contributed by atoms with Crippen LogP contribution in [0.2, 0.25) is 0 Å². The van der Waals surface area contributed by atoms with Crippen molar-refractivity contribution in [3.63, 3.8) is 0 Å². The van der Waals surface area contributed by atoms with Crippen LogP contribution in [0.3, 0.4) is 0 Å². The third-order valence-corrected chi connectivity index (χ3v) is 5.96. The maximum atomic E-state index is 4.68. The monoisotopic (exact) mass is 365 g/mol. The van der Waals surface area contributed by atoms with Gasteiger partial charge in [-0.3, -0.25) is 9.88 Å². The summed E-state index contributed by atoms with van der Waals surface area (Å²) in [5.41, 5.74) is 5.25. The standard InChI is InChI=1S/C24H35N3/c1-4-26(19-24-11-7-9-21(3)25-24)18-22-12-15-27(16-13-22)17-14-23-10-6-5-8-20(23)2/h5-11,22H,4,12-19H2,1-3H3. The van der Waals surface area contributed by atoms with Crippen LogP contribution < -0.4 is 0 Å². The highest BCUT2D eigenvalue weighted by Gasteiger charge is 2.21. The van der Waals surface area contributed by atoms with Gasteiger partial charge in [0.15, 0.2) is 0 Å². The highest BCUT2D eigenvalue weighted by molar-refractivity contribution is 5.25. The number of rotatable bonds is 8. The van der Waals surface area contributed by atoms with Gasteiger partial charge in [0.2, 0.25) is 0 Å². The lowest BCUT2D eigenvalue weighted by molar-refractivity contribution is 0.143. The fourth-order valence-corrected chi connectivity index (χ4v) is 4.15. The van der Waals surface area contributed by atoms with Crippen LogP contribution in [-0.2, 0) is 13.0 Å². The molecular formula is C24H35N3. The molecule has 1 saturated heterocycles. The van der Waals surface area contributed by atoms with Crippen LogP contribution in [0.4, 0.5) is 0 Å². The number of nitrogens with zero attached hydrogens (tertiary/aromatic N) is 3. The molecule has 0 bridgehead atoms. The van der Waals surface area contributed by atoms with E-state index >= 15 is 0 Å². The second kappa shape index (κ2) is 10.0. The van der Waals surface area contributed by atoms with E-state index in [0.717, 1.165) is 24.7 Å². The van der Waals surface area contributed by atoms with Crippen molar-refractivity contribution in [1.29, 1.82) is 0 Å². The summed E-state index contributed by atoms with van der Waals surface area (Å²) < 4.78 is 0. The van der Waals surface area contributed by atoms with Crippen LogP contribution in [-0.4, -0.2) is 47.5 Å². The molecule has 1 aromatic heterocycles. The first-order chi connectivity index (χ1) is 13.1. The molecule has 1 aliphatic heterocycles. The molecule has 0 atom stereocenters. The van der Waals surface area contributed by atoms with Gasteiger partial charge in [0.25, 0.3) is 0 Å². The quantitative estimate of drug-likeness (QED) is 0.688. The van der Waals surface area contributed by atoms with Crippen molar-refractivity contribution in [1.82, 2.24) is 14.8 Å². The number of piperidine rings is 1. The summed E-state index contributed by atoms with van der Waals surface area (Å²) >= 11 is 0. The lowest BCUT2D eigenvalue weighted by Crippen LogP contribution is -2.39. The minimum Gasteiger partial charge on any atom is -0.303 e. The van der Waals surface area contributed by atoms with E-state index in [0.29, 0.717) is 0 Å². The van der Waals surface area contributed by atoms with Gasteiger partial charge < -0.3 is 4.90 Å². The van der Waals surface area contributed by atoms with Crippen molar-refractivity contribution in [2.24, 2.45) is 5.92 Å². The van der Waals surface area contributed by atoms with Gasteiger partial charge in [0.1, 0.15) is 0 Å². The smallest absolute Gasteiger partial charge is 0.0547 e. The first-order valence-electron chi connectivity index (χ1n) is 10.6. The molecule has 146 valence electrons. The van der Waals surface area contributed by atoms with Gasteiger partial charge in [-0.15, -0.1) is 0 Å². The van der Waals surface area contributed by atoms with E-state index in [4.69, 9.17) is 0 Å². The van der Waals surface area contributed by atoms with E-state index in [9.17, 15) is 0 Å².